The highest BCUT2D eigenvalue weighted by Gasteiger charge is 2.09. The Morgan fingerprint density at radius 2 is 1.95 bits per heavy atom. The molecule has 21 heavy (non-hydrogen) atoms. The van der Waals surface area contributed by atoms with Crippen LogP contribution in [0.5, 0.6) is 5.75 Å². The smallest absolute Gasteiger partial charge is 0.204 e. The van der Waals surface area contributed by atoms with Crippen molar-refractivity contribution in [3.8, 4) is 17.1 Å². The lowest BCUT2D eigenvalue weighted by atomic mass is 10.2. The Labute approximate surface area is 122 Å². The fourth-order valence-corrected chi connectivity index (χ4v) is 2.09. The standard InChI is InChI=1S/C15H15N5O/c1-21-14-8-7-13(16)9-12(14)10-20-18-15(17-19-20)11-5-3-2-4-6-11/h2-9H,10,16H2,1H3. The van der Waals surface area contributed by atoms with Crippen LogP contribution in [-0.4, -0.2) is 27.3 Å². The lowest BCUT2D eigenvalue weighted by Crippen LogP contribution is -2.06. The zero-order valence-corrected chi connectivity index (χ0v) is 11.6. The average molecular weight is 281 g/mol. The molecule has 0 aliphatic carbocycles. The SMILES string of the molecule is COc1ccc(N)cc1Cn1nnc(-c2ccccc2)n1. The van der Waals surface area contributed by atoms with E-state index in [1.807, 2.05) is 42.5 Å². The van der Waals surface area contributed by atoms with Gasteiger partial charge in [0, 0.05) is 16.8 Å². The van der Waals surface area contributed by atoms with Gasteiger partial charge < -0.3 is 10.5 Å². The second-order valence-corrected chi connectivity index (χ2v) is 4.58. The molecule has 0 fully saturated rings. The molecule has 0 aliphatic rings. The highest BCUT2D eigenvalue weighted by Crippen LogP contribution is 2.22. The van der Waals surface area contributed by atoms with Gasteiger partial charge in [0.15, 0.2) is 0 Å². The Balaban J connectivity index is 1.87. The molecular weight excluding hydrogens is 266 g/mol. The van der Waals surface area contributed by atoms with Gasteiger partial charge in [-0.2, -0.15) is 4.80 Å². The molecule has 0 bridgehead atoms. The highest BCUT2D eigenvalue weighted by atomic mass is 16.5. The molecule has 0 unspecified atom stereocenters. The van der Waals surface area contributed by atoms with Crippen LogP contribution in [0, 0.1) is 0 Å². The summed E-state index contributed by atoms with van der Waals surface area (Å²) in [7, 11) is 1.62. The number of benzene rings is 2. The van der Waals surface area contributed by atoms with E-state index in [2.05, 4.69) is 15.4 Å². The second kappa shape index (κ2) is 5.62. The normalized spacial score (nSPS) is 10.5. The summed E-state index contributed by atoms with van der Waals surface area (Å²) >= 11 is 0. The third kappa shape index (κ3) is 2.84. The number of tetrazole rings is 1. The maximum Gasteiger partial charge on any atom is 0.204 e. The fraction of sp³-hybridized carbons (Fsp3) is 0.133. The molecule has 0 amide bonds. The number of nitrogens with zero attached hydrogens (tertiary/aromatic N) is 4. The molecule has 0 spiro atoms. The molecule has 1 heterocycles. The summed E-state index contributed by atoms with van der Waals surface area (Å²) in [6.45, 7) is 0.452. The van der Waals surface area contributed by atoms with Gasteiger partial charge >= 0.3 is 0 Å². The summed E-state index contributed by atoms with van der Waals surface area (Å²) in [6.07, 6.45) is 0. The van der Waals surface area contributed by atoms with Crippen molar-refractivity contribution in [2.45, 2.75) is 6.54 Å². The Bertz CT molecular complexity index is 739. The van der Waals surface area contributed by atoms with Crippen LogP contribution in [0.1, 0.15) is 5.56 Å². The minimum absolute atomic E-state index is 0.452. The van der Waals surface area contributed by atoms with E-state index in [1.54, 1.807) is 13.2 Å². The number of hydrogen-bond donors (Lipinski definition) is 1. The van der Waals surface area contributed by atoms with Crippen LogP contribution in [0.2, 0.25) is 0 Å². The number of ether oxygens (including phenoxy) is 1. The molecular formula is C15H15N5O. The monoisotopic (exact) mass is 281 g/mol. The Morgan fingerprint density at radius 3 is 2.71 bits per heavy atom. The minimum atomic E-state index is 0.452. The molecule has 0 saturated heterocycles. The van der Waals surface area contributed by atoms with Gasteiger partial charge in [-0.3, -0.25) is 0 Å². The Morgan fingerprint density at radius 1 is 1.14 bits per heavy atom. The number of anilines is 1. The van der Waals surface area contributed by atoms with E-state index < -0.39 is 0 Å². The third-order valence-electron chi connectivity index (χ3n) is 3.10. The van der Waals surface area contributed by atoms with Crippen molar-refractivity contribution in [1.29, 1.82) is 0 Å². The molecule has 3 aromatic rings. The van der Waals surface area contributed by atoms with E-state index in [4.69, 9.17) is 10.5 Å². The first kappa shape index (κ1) is 13.1. The molecule has 3 rings (SSSR count). The molecule has 2 aromatic carbocycles. The van der Waals surface area contributed by atoms with Gasteiger partial charge in [-0.05, 0) is 23.4 Å². The Hall–Kier alpha value is -2.89. The predicted molar refractivity (Wildman–Crippen MR) is 79.8 cm³/mol. The van der Waals surface area contributed by atoms with Gasteiger partial charge in [0.25, 0.3) is 0 Å². The number of methoxy groups -OCH3 is 1. The van der Waals surface area contributed by atoms with Crippen molar-refractivity contribution >= 4 is 5.69 Å². The molecule has 0 radical (unpaired) electrons. The summed E-state index contributed by atoms with van der Waals surface area (Å²) in [5.41, 5.74) is 8.33. The molecule has 6 heteroatoms. The zero-order chi connectivity index (χ0) is 14.7. The first-order chi connectivity index (χ1) is 10.3. The minimum Gasteiger partial charge on any atom is -0.496 e. The number of nitrogens with two attached hydrogens (primary N) is 1. The molecule has 1 aromatic heterocycles. The molecule has 2 N–H and O–H groups in total. The van der Waals surface area contributed by atoms with Crippen LogP contribution >= 0.6 is 0 Å². The van der Waals surface area contributed by atoms with Crippen molar-refractivity contribution in [1.82, 2.24) is 20.2 Å². The summed E-state index contributed by atoms with van der Waals surface area (Å²) in [6, 6.07) is 15.2. The first-order valence-electron chi connectivity index (χ1n) is 6.52. The average Bonchev–Trinajstić information content (AvgIpc) is 2.97. The first-order valence-corrected chi connectivity index (χ1v) is 6.52. The van der Waals surface area contributed by atoms with E-state index in [-0.39, 0.29) is 0 Å². The predicted octanol–water partition coefficient (Wildman–Crippen LogP) is 1.98. The lowest BCUT2D eigenvalue weighted by molar-refractivity contribution is 0.405. The van der Waals surface area contributed by atoms with Crippen LogP contribution in [0.25, 0.3) is 11.4 Å². The van der Waals surface area contributed by atoms with Gasteiger partial charge in [-0.15, -0.1) is 10.2 Å². The summed E-state index contributed by atoms with van der Waals surface area (Å²) in [5, 5.41) is 12.5. The van der Waals surface area contributed by atoms with Gasteiger partial charge in [-0.25, -0.2) is 0 Å². The number of aromatic nitrogens is 4. The second-order valence-electron chi connectivity index (χ2n) is 4.58. The molecule has 6 nitrogen and oxygen atoms in total. The highest BCUT2D eigenvalue weighted by molar-refractivity contribution is 5.53. The molecule has 0 aliphatic heterocycles. The maximum atomic E-state index is 5.81. The van der Waals surface area contributed by atoms with Gasteiger partial charge in [0.05, 0.1) is 13.7 Å². The Kier molecular flexibility index (Phi) is 3.51. The number of nitrogen functional groups attached to an aromatic ring is 1. The summed E-state index contributed by atoms with van der Waals surface area (Å²) in [5.74, 6) is 1.35. The van der Waals surface area contributed by atoms with Crippen LogP contribution in [0.3, 0.4) is 0 Å². The van der Waals surface area contributed by atoms with Crippen molar-refractivity contribution in [3.63, 3.8) is 0 Å². The quantitative estimate of drug-likeness (QED) is 0.740. The van der Waals surface area contributed by atoms with Crippen molar-refractivity contribution < 1.29 is 4.74 Å². The molecule has 106 valence electrons. The van der Waals surface area contributed by atoms with E-state index in [0.29, 0.717) is 18.1 Å². The van der Waals surface area contributed by atoms with E-state index in [0.717, 1.165) is 16.9 Å². The molecule has 0 saturated carbocycles. The number of hydrogen-bond acceptors (Lipinski definition) is 5. The topological polar surface area (TPSA) is 78.9 Å². The van der Waals surface area contributed by atoms with E-state index in [1.165, 1.54) is 4.80 Å². The van der Waals surface area contributed by atoms with Crippen molar-refractivity contribution in [2.24, 2.45) is 0 Å². The van der Waals surface area contributed by atoms with Crippen LogP contribution in [0.15, 0.2) is 48.5 Å². The summed E-state index contributed by atoms with van der Waals surface area (Å²) < 4.78 is 5.32. The van der Waals surface area contributed by atoms with Gasteiger partial charge in [0.2, 0.25) is 5.82 Å². The fourth-order valence-electron chi connectivity index (χ4n) is 2.09. The van der Waals surface area contributed by atoms with Gasteiger partial charge in [-0.1, -0.05) is 30.3 Å². The maximum absolute atomic E-state index is 5.81. The third-order valence-corrected chi connectivity index (χ3v) is 3.10. The molecule has 0 atom stereocenters. The lowest BCUT2D eigenvalue weighted by Gasteiger charge is -2.08. The van der Waals surface area contributed by atoms with Gasteiger partial charge in [0.1, 0.15) is 5.75 Å². The number of rotatable bonds is 4. The van der Waals surface area contributed by atoms with Crippen molar-refractivity contribution in [2.75, 3.05) is 12.8 Å². The largest absolute Gasteiger partial charge is 0.496 e. The van der Waals surface area contributed by atoms with E-state index in [9.17, 15) is 0 Å². The van der Waals surface area contributed by atoms with Crippen LogP contribution in [-0.2, 0) is 6.54 Å². The van der Waals surface area contributed by atoms with Crippen LogP contribution < -0.4 is 10.5 Å². The van der Waals surface area contributed by atoms with Crippen LogP contribution in [0.4, 0.5) is 5.69 Å². The summed E-state index contributed by atoms with van der Waals surface area (Å²) in [4.78, 5) is 1.53. The van der Waals surface area contributed by atoms with Crippen molar-refractivity contribution in [3.05, 3.63) is 54.1 Å². The zero-order valence-electron chi connectivity index (χ0n) is 11.6. The van der Waals surface area contributed by atoms with E-state index >= 15 is 0 Å².